The van der Waals surface area contributed by atoms with Gasteiger partial charge >= 0.3 is 6.09 Å². The normalized spacial score (nSPS) is 17.7. The second-order valence-electron chi connectivity index (χ2n) is 8.74. The molecule has 0 radical (unpaired) electrons. The number of hydrogen-bond donors (Lipinski definition) is 4. The van der Waals surface area contributed by atoms with Crippen LogP contribution in [0.25, 0.3) is 11.1 Å². The molecule has 9 nitrogen and oxygen atoms in total. The molecule has 2 heterocycles. The van der Waals surface area contributed by atoms with E-state index in [0.29, 0.717) is 17.7 Å². The van der Waals surface area contributed by atoms with Crippen LogP contribution in [0.5, 0.6) is 0 Å². The highest BCUT2D eigenvalue weighted by Gasteiger charge is 2.32. The van der Waals surface area contributed by atoms with Crippen LogP contribution in [0.15, 0.2) is 48.3 Å². The van der Waals surface area contributed by atoms with Crippen molar-refractivity contribution in [2.75, 3.05) is 36.0 Å². The molecule has 2 aromatic rings. The van der Waals surface area contributed by atoms with E-state index in [1.54, 1.807) is 12.1 Å². The number of carbonyl (C=O) groups excluding carboxylic acids is 2. The monoisotopic (exact) mass is 482 g/mol. The van der Waals surface area contributed by atoms with E-state index in [9.17, 15) is 9.59 Å². The fourth-order valence-corrected chi connectivity index (χ4v) is 4.54. The molecule has 186 valence electrons. The second kappa shape index (κ2) is 10.6. The minimum atomic E-state index is -0.557. The number of ether oxygens (including phenoxy) is 1. The van der Waals surface area contributed by atoms with E-state index in [-0.39, 0.29) is 19.0 Å². The van der Waals surface area contributed by atoms with Crippen LogP contribution >= 0.6 is 0 Å². The molecule has 2 aliphatic rings. The summed E-state index contributed by atoms with van der Waals surface area (Å²) in [6.45, 7) is 3.57. The highest BCUT2D eigenvalue weighted by Crippen LogP contribution is 2.34. The largest absolute Gasteiger partial charge is 0.442 e. The summed E-state index contributed by atoms with van der Waals surface area (Å²) in [7, 11) is 0. The molecule has 10 heteroatoms. The zero-order valence-electron chi connectivity index (χ0n) is 19.7. The van der Waals surface area contributed by atoms with Crippen LogP contribution < -0.4 is 32.1 Å². The van der Waals surface area contributed by atoms with Gasteiger partial charge in [-0.1, -0.05) is 6.07 Å². The maximum absolute atomic E-state index is 15.2. The SMILES string of the molecule is CC(=O)NCC1CN(c2ccc(-c3ccc4c(c3)CCCN4CC/C(=C/N)NN)c(F)c2)C(=O)O1. The fraction of sp³-hybridized carbons (Fsp3) is 0.360. The van der Waals surface area contributed by atoms with Crippen LogP contribution in [0.4, 0.5) is 20.6 Å². The van der Waals surface area contributed by atoms with Crippen LogP contribution in [-0.2, 0) is 16.0 Å². The van der Waals surface area contributed by atoms with Gasteiger partial charge in [-0.15, -0.1) is 0 Å². The number of nitrogens with zero attached hydrogens (tertiary/aromatic N) is 2. The van der Waals surface area contributed by atoms with E-state index in [1.165, 1.54) is 29.7 Å². The van der Waals surface area contributed by atoms with Crippen molar-refractivity contribution in [1.82, 2.24) is 10.7 Å². The Morgan fingerprint density at radius 1 is 1.29 bits per heavy atom. The van der Waals surface area contributed by atoms with Gasteiger partial charge in [-0.3, -0.25) is 15.5 Å². The topological polar surface area (TPSA) is 126 Å². The second-order valence-corrected chi connectivity index (χ2v) is 8.74. The van der Waals surface area contributed by atoms with E-state index in [4.69, 9.17) is 16.3 Å². The third-order valence-electron chi connectivity index (χ3n) is 6.36. The van der Waals surface area contributed by atoms with Crippen molar-refractivity contribution >= 4 is 23.4 Å². The van der Waals surface area contributed by atoms with Crippen molar-refractivity contribution in [2.24, 2.45) is 11.6 Å². The molecule has 0 saturated carbocycles. The Morgan fingerprint density at radius 3 is 2.83 bits per heavy atom. The summed E-state index contributed by atoms with van der Waals surface area (Å²) < 4.78 is 20.5. The Bertz CT molecular complexity index is 1140. The van der Waals surface area contributed by atoms with Gasteiger partial charge in [0.25, 0.3) is 0 Å². The lowest BCUT2D eigenvalue weighted by atomic mass is 9.95. The molecule has 2 aliphatic heterocycles. The number of nitrogens with two attached hydrogens (primary N) is 2. The van der Waals surface area contributed by atoms with Gasteiger partial charge in [0, 0.05) is 49.6 Å². The number of fused-ring (bicyclic) bond motifs is 1. The molecule has 0 bridgehead atoms. The molecule has 0 aliphatic carbocycles. The Labute approximate surface area is 203 Å². The van der Waals surface area contributed by atoms with Gasteiger partial charge in [-0.2, -0.15) is 0 Å². The quantitative estimate of drug-likeness (QED) is 0.336. The third kappa shape index (κ3) is 5.48. The summed E-state index contributed by atoms with van der Waals surface area (Å²) in [5.74, 6) is 4.87. The number of hydrogen-bond acceptors (Lipinski definition) is 7. The number of rotatable bonds is 8. The van der Waals surface area contributed by atoms with Gasteiger partial charge in [0.05, 0.1) is 18.8 Å². The lowest BCUT2D eigenvalue weighted by Gasteiger charge is -2.32. The van der Waals surface area contributed by atoms with Crippen molar-refractivity contribution in [3.63, 3.8) is 0 Å². The summed E-state index contributed by atoms with van der Waals surface area (Å²) >= 11 is 0. The number of anilines is 2. The summed E-state index contributed by atoms with van der Waals surface area (Å²) in [4.78, 5) is 27.0. The van der Waals surface area contributed by atoms with E-state index < -0.39 is 18.0 Å². The first-order valence-corrected chi connectivity index (χ1v) is 11.7. The van der Waals surface area contributed by atoms with Crippen molar-refractivity contribution in [3.05, 3.63) is 59.7 Å². The average Bonchev–Trinajstić information content (AvgIpc) is 3.23. The molecule has 2 aromatic carbocycles. The smallest absolute Gasteiger partial charge is 0.414 e. The first-order chi connectivity index (χ1) is 16.9. The predicted molar refractivity (Wildman–Crippen MR) is 133 cm³/mol. The molecule has 2 amide bonds. The van der Waals surface area contributed by atoms with Gasteiger partial charge < -0.3 is 26.1 Å². The first-order valence-electron chi connectivity index (χ1n) is 11.7. The Kier molecular flexibility index (Phi) is 7.40. The summed E-state index contributed by atoms with van der Waals surface area (Å²) in [5.41, 5.74) is 12.9. The molecule has 1 atom stereocenters. The molecular weight excluding hydrogens is 451 g/mol. The van der Waals surface area contributed by atoms with Gasteiger partial charge in [-0.25, -0.2) is 9.18 Å². The number of nitrogens with one attached hydrogen (secondary N) is 2. The molecular formula is C25H31FN6O3. The lowest BCUT2D eigenvalue weighted by Crippen LogP contribution is -2.33. The van der Waals surface area contributed by atoms with Crippen molar-refractivity contribution in [2.45, 2.75) is 32.3 Å². The fourth-order valence-electron chi connectivity index (χ4n) is 4.54. The van der Waals surface area contributed by atoms with E-state index in [2.05, 4.69) is 15.6 Å². The Hall–Kier alpha value is -3.79. The number of aryl methyl sites for hydroxylation is 1. The predicted octanol–water partition coefficient (Wildman–Crippen LogP) is 2.36. The molecule has 1 unspecified atom stereocenters. The van der Waals surface area contributed by atoms with Crippen LogP contribution in [0.2, 0.25) is 0 Å². The molecule has 6 N–H and O–H groups in total. The maximum Gasteiger partial charge on any atom is 0.414 e. The number of amides is 2. The third-order valence-corrected chi connectivity index (χ3v) is 6.36. The van der Waals surface area contributed by atoms with Gasteiger partial charge in [0.1, 0.15) is 11.9 Å². The van der Waals surface area contributed by atoms with E-state index in [1.807, 2.05) is 18.2 Å². The maximum atomic E-state index is 15.2. The van der Waals surface area contributed by atoms with Crippen LogP contribution in [-0.4, -0.2) is 44.3 Å². The average molecular weight is 483 g/mol. The minimum Gasteiger partial charge on any atom is -0.442 e. The Balaban J connectivity index is 1.49. The van der Waals surface area contributed by atoms with Gasteiger partial charge in [-0.05, 0) is 54.3 Å². The first kappa shape index (κ1) is 24.3. The zero-order valence-corrected chi connectivity index (χ0v) is 19.7. The van der Waals surface area contributed by atoms with Gasteiger partial charge in [0.15, 0.2) is 0 Å². The summed E-state index contributed by atoms with van der Waals surface area (Å²) in [5, 5.41) is 2.63. The van der Waals surface area contributed by atoms with Crippen molar-refractivity contribution < 1.29 is 18.7 Å². The number of cyclic esters (lactones) is 1. The number of halogens is 1. The van der Waals surface area contributed by atoms with Crippen LogP contribution in [0.1, 0.15) is 25.3 Å². The van der Waals surface area contributed by atoms with Crippen molar-refractivity contribution in [3.8, 4) is 11.1 Å². The van der Waals surface area contributed by atoms with Crippen molar-refractivity contribution in [1.29, 1.82) is 0 Å². The summed E-state index contributed by atoms with van der Waals surface area (Å²) in [6, 6.07) is 10.7. The molecule has 4 rings (SSSR count). The number of hydrazine groups is 1. The Morgan fingerprint density at radius 2 is 2.11 bits per heavy atom. The lowest BCUT2D eigenvalue weighted by molar-refractivity contribution is -0.119. The zero-order chi connectivity index (χ0) is 24.9. The standard InChI is InChI=1S/C25H31FN6O3/c1-16(33)29-14-21-15-32(25(34)35-21)20-5-6-22(23(26)12-20)17-4-7-24-18(11-17)3-2-9-31(24)10-8-19(13-27)30-28/h4-7,11-13,21,30H,2-3,8-10,14-15,27-28H2,1H3,(H,29,33)/b19-13-. The molecule has 1 fully saturated rings. The van der Waals surface area contributed by atoms with E-state index >= 15 is 4.39 Å². The molecule has 0 spiro atoms. The van der Waals surface area contributed by atoms with Gasteiger partial charge in [0.2, 0.25) is 5.91 Å². The van der Waals surface area contributed by atoms with Crippen LogP contribution in [0, 0.1) is 5.82 Å². The minimum absolute atomic E-state index is 0.201. The van der Waals surface area contributed by atoms with Crippen LogP contribution in [0.3, 0.4) is 0 Å². The molecule has 1 saturated heterocycles. The highest BCUT2D eigenvalue weighted by molar-refractivity contribution is 5.90. The number of benzene rings is 2. The molecule has 0 aromatic heterocycles. The number of carbonyl (C=O) groups is 2. The summed E-state index contributed by atoms with van der Waals surface area (Å²) in [6.07, 6.45) is 3.07. The molecule has 35 heavy (non-hydrogen) atoms. The van der Waals surface area contributed by atoms with E-state index in [0.717, 1.165) is 42.9 Å². The highest BCUT2D eigenvalue weighted by atomic mass is 19.1.